The first-order chi connectivity index (χ1) is 36.3. The second-order valence-corrected chi connectivity index (χ2v) is 22.4. The van der Waals surface area contributed by atoms with Crippen molar-refractivity contribution in [1.82, 2.24) is 4.57 Å². The summed E-state index contributed by atoms with van der Waals surface area (Å²) in [4.78, 5) is 5.09. The Bertz CT molecular complexity index is 4340. The van der Waals surface area contributed by atoms with Gasteiger partial charge in [0, 0.05) is 62.2 Å². The van der Waals surface area contributed by atoms with E-state index in [4.69, 9.17) is 4.74 Å². The highest BCUT2D eigenvalue weighted by Crippen LogP contribution is 2.48. The van der Waals surface area contributed by atoms with Crippen LogP contribution < -0.4 is 47.3 Å². The standard InChI is InChI=1S/C69H55B2N3O/c1-38-10-18-49(19-11-38)72-60-25-17-43(6)30-55(60)70-56-36-57-65(37-61(56)73(50-20-12-39(2)13-21-50)63-33-47(32-62(72)67(63)70)51-22-14-40(3)26-45(51)8)75-66-35-48(52-23-15-41(4)27-46(52)9)34-64-68(66)71(57)58-31-44(7)29-54-53-28-42(5)16-24-59(53)74(64)69(54)58/h10-37H,1-9H3. The van der Waals surface area contributed by atoms with Crippen LogP contribution in [0, 0.1) is 62.3 Å². The molecule has 0 bridgehead atoms. The molecule has 75 heavy (non-hydrogen) atoms. The molecule has 4 nitrogen and oxygen atoms in total. The molecule has 0 atom stereocenters. The van der Waals surface area contributed by atoms with Crippen molar-refractivity contribution in [2.24, 2.45) is 0 Å². The summed E-state index contributed by atoms with van der Waals surface area (Å²) in [6, 6.07) is 65.6. The van der Waals surface area contributed by atoms with Gasteiger partial charge >= 0.3 is 0 Å². The van der Waals surface area contributed by atoms with Gasteiger partial charge in [-0.3, -0.25) is 0 Å². The number of hydrogen-bond donors (Lipinski definition) is 0. The molecule has 0 spiro atoms. The van der Waals surface area contributed by atoms with E-state index in [1.54, 1.807) is 0 Å². The van der Waals surface area contributed by atoms with E-state index in [2.05, 4.69) is 247 Å². The second kappa shape index (κ2) is 15.8. The van der Waals surface area contributed by atoms with E-state index in [1.165, 1.54) is 144 Å². The predicted octanol–water partition coefficient (Wildman–Crippen LogP) is 13.9. The highest BCUT2D eigenvalue weighted by molar-refractivity contribution is 7.02. The average Bonchev–Trinajstić information content (AvgIpc) is 3.70. The Balaban J connectivity index is 1.06. The van der Waals surface area contributed by atoms with Crippen LogP contribution in [0.2, 0.25) is 0 Å². The van der Waals surface area contributed by atoms with Gasteiger partial charge < -0.3 is 19.1 Å². The van der Waals surface area contributed by atoms with Crippen molar-refractivity contribution >= 4 is 102 Å². The maximum Gasteiger partial charge on any atom is 0.256 e. The van der Waals surface area contributed by atoms with Crippen LogP contribution in [0.3, 0.4) is 0 Å². The fourth-order valence-corrected chi connectivity index (χ4v) is 13.7. The zero-order valence-electron chi connectivity index (χ0n) is 44.1. The van der Waals surface area contributed by atoms with Crippen LogP contribution in [0.4, 0.5) is 34.1 Å². The van der Waals surface area contributed by atoms with Gasteiger partial charge in [-0.2, -0.15) is 0 Å². The Labute approximate surface area is 440 Å². The van der Waals surface area contributed by atoms with E-state index in [1.807, 2.05) is 0 Å². The Morgan fingerprint density at radius 1 is 0.333 bits per heavy atom. The van der Waals surface area contributed by atoms with Gasteiger partial charge in [0.1, 0.15) is 11.5 Å². The molecule has 0 unspecified atom stereocenters. The summed E-state index contributed by atoms with van der Waals surface area (Å²) < 4.78 is 10.2. The number of hydrogen-bond acceptors (Lipinski definition) is 3. The third-order valence-corrected chi connectivity index (χ3v) is 17.0. The van der Waals surface area contributed by atoms with Crippen LogP contribution >= 0.6 is 0 Å². The minimum absolute atomic E-state index is 0.0786. The van der Waals surface area contributed by atoms with Crippen LogP contribution in [0.15, 0.2) is 170 Å². The average molecular weight is 964 g/mol. The van der Waals surface area contributed by atoms with Crippen molar-refractivity contribution in [2.75, 3.05) is 9.80 Å². The normalized spacial score (nSPS) is 13.4. The Morgan fingerprint density at radius 2 is 0.840 bits per heavy atom. The molecule has 15 rings (SSSR count). The van der Waals surface area contributed by atoms with E-state index >= 15 is 0 Å². The fraction of sp³-hybridized carbons (Fsp3) is 0.130. The molecule has 1 aromatic heterocycles. The lowest BCUT2D eigenvalue weighted by atomic mass is 9.30. The van der Waals surface area contributed by atoms with Crippen LogP contribution in [0.1, 0.15) is 50.1 Å². The second-order valence-electron chi connectivity index (χ2n) is 22.4. The van der Waals surface area contributed by atoms with Crippen molar-refractivity contribution in [3.8, 4) is 39.4 Å². The van der Waals surface area contributed by atoms with Gasteiger partial charge in [0.05, 0.1) is 5.52 Å². The number of ether oxygens (including phenoxy) is 1. The molecule has 6 heteroatoms. The van der Waals surface area contributed by atoms with Crippen molar-refractivity contribution in [3.05, 3.63) is 220 Å². The summed E-state index contributed by atoms with van der Waals surface area (Å²) in [6.45, 7) is 19.8. The molecule has 0 aliphatic carbocycles. The lowest BCUT2D eigenvalue weighted by molar-refractivity contribution is 0.487. The van der Waals surface area contributed by atoms with Crippen molar-refractivity contribution in [3.63, 3.8) is 0 Å². The van der Waals surface area contributed by atoms with E-state index in [-0.39, 0.29) is 13.4 Å². The number of aryl methyl sites for hydroxylation is 9. The van der Waals surface area contributed by atoms with Crippen LogP contribution in [-0.2, 0) is 0 Å². The number of benzene rings is 10. The van der Waals surface area contributed by atoms with Gasteiger partial charge in [0.2, 0.25) is 0 Å². The predicted molar refractivity (Wildman–Crippen MR) is 319 cm³/mol. The molecule has 0 amide bonds. The van der Waals surface area contributed by atoms with Gasteiger partial charge in [0.15, 0.2) is 0 Å². The van der Waals surface area contributed by atoms with Crippen molar-refractivity contribution in [2.45, 2.75) is 62.3 Å². The minimum Gasteiger partial charge on any atom is -0.458 e. The molecule has 10 aromatic carbocycles. The number of aromatic nitrogens is 1. The lowest BCUT2D eigenvalue weighted by Crippen LogP contribution is -2.64. The number of anilines is 6. The first kappa shape index (κ1) is 44.1. The molecule has 358 valence electrons. The van der Waals surface area contributed by atoms with Crippen LogP contribution in [0.25, 0.3) is 49.7 Å². The summed E-state index contributed by atoms with van der Waals surface area (Å²) in [5, 5.41) is 2.59. The zero-order chi connectivity index (χ0) is 50.9. The highest BCUT2D eigenvalue weighted by atomic mass is 16.5. The minimum atomic E-state index is -0.0808. The molecule has 4 aliphatic rings. The molecule has 0 saturated heterocycles. The summed E-state index contributed by atoms with van der Waals surface area (Å²) >= 11 is 0. The number of nitrogens with zero attached hydrogens (tertiary/aromatic N) is 3. The maximum atomic E-state index is 7.61. The van der Waals surface area contributed by atoms with Gasteiger partial charge in [-0.15, -0.1) is 0 Å². The SMILES string of the molecule is Cc1ccc(N2c3ccc(C)cc3B3c4cc5c(cc4N(c4ccc(C)cc4)c4cc(-c6ccc(C)cc6C)cc2c43)Oc2cc(-c3ccc(C)cc3C)cc3c2B5c2cc(C)cc4c5cc(C)ccc5n-3c24)cc1. The molecular weight excluding hydrogens is 908 g/mol. The zero-order valence-corrected chi connectivity index (χ0v) is 44.1. The number of fused-ring (bicyclic) bond motifs is 11. The summed E-state index contributed by atoms with van der Waals surface area (Å²) in [6.07, 6.45) is 0. The van der Waals surface area contributed by atoms with E-state index in [0.717, 1.165) is 34.1 Å². The van der Waals surface area contributed by atoms with E-state index < -0.39 is 0 Å². The summed E-state index contributed by atoms with van der Waals surface area (Å²) in [5.41, 5.74) is 34.4. The van der Waals surface area contributed by atoms with Gasteiger partial charge in [0.25, 0.3) is 13.4 Å². The molecule has 0 radical (unpaired) electrons. The van der Waals surface area contributed by atoms with Crippen molar-refractivity contribution in [1.29, 1.82) is 0 Å². The van der Waals surface area contributed by atoms with Gasteiger partial charge in [-0.25, -0.2) is 0 Å². The lowest BCUT2D eigenvalue weighted by Gasteiger charge is -2.45. The van der Waals surface area contributed by atoms with Gasteiger partial charge in [-0.1, -0.05) is 130 Å². The first-order valence-corrected chi connectivity index (χ1v) is 26.6. The Morgan fingerprint density at radius 3 is 1.49 bits per heavy atom. The van der Waals surface area contributed by atoms with E-state index in [9.17, 15) is 0 Å². The first-order valence-electron chi connectivity index (χ1n) is 26.6. The number of rotatable bonds is 4. The molecule has 5 heterocycles. The third kappa shape index (κ3) is 6.38. The van der Waals surface area contributed by atoms with Crippen LogP contribution in [0.5, 0.6) is 11.5 Å². The Hall–Kier alpha value is -8.47. The van der Waals surface area contributed by atoms with E-state index in [0.29, 0.717) is 0 Å². The Kier molecular flexibility index (Phi) is 9.26. The summed E-state index contributed by atoms with van der Waals surface area (Å²) in [5.74, 6) is 1.82. The monoisotopic (exact) mass is 963 g/mol. The third-order valence-electron chi connectivity index (χ3n) is 17.0. The topological polar surface area (TPSA) is 20.6 Å². The highest BCUT2D eigenvalue weighted by Gasteiger charge is 2.47. The molecule has 0 N–H and O–H groups in total. The molecular formula is C69H55B2N3O. The maximum absolute atomic E-state index is 7.61. The largest absolute Gasteiger partial charge is 0.458 e. The molecule has 0 fully saturated rings. The van der Waals surface area contributed by atoms with Gasteiger partial charge in [-0.05, 0) is 201 Å². The molecule has 0 saturated carbocycles. The van der Waals surface area contributed by atoms with Crippen LogP contribution in [-0.4, -0.2) is 18.0 Å². The smallest absolute Gasteiger partial charge is 0.256 e. The molecule has 11 aromatic rings. The quantitative estimate of drug-likeness (QED) is 0.164. The summed E-state index contributed by atoms with van der Waals surface area (Å²) in [7, 11) is 0. The fourth-order valence-electron chi connectivity index (χ4n) is 13.7. The van der Waals surface area contributed by atoms with Crippen molar-refractivity contribution < 1.29 is 4.74 Å². The molecule has 4 aliphatic heterocycles.